The van der Waals surface area contributed by atoms with E-state index < -0.39 is 8.32 Å². The molecule has 0 spiro atoms. The molecule has 132 valence electrons. The van der Waals surface area contributed by atoms with Crippen LogP contribution >= 0.6 is 0 Å². The van der Waals surface area contributed by atoms with Crippen LogP contribution in [0.1, 0.15) is 32.8 Å². The summed E-state index contributed by atoms with van der Waals surface area (Å²) in [5.74, 6) is 1.02. The van der Waals surface area contributed by atoms with Crippen molar-refractivity contribution in [2.24, 2.45) is 0 Å². The molecule has 0 atom stereocenters. The maximum atomic E-state index is 12.2. The van der Waals surface area contributed by atoms with E-state index in [1.165, 1.54) is 0 Å². The normalized spacial score (nSPS) is 15.7. The fraction of sp³-hybridized carbons (Fsp3) is 0.526. The number of rotatable bonds is 4. The molecule has 0 saturated carbocycles. The van der Waals surface area contributed by atoms with Gasteiger partial charge in [0, 0.05) is 19.5 Å². The van der Waals surface area contributed by atoms with Crippen LogP contribution in [0.25, 0.3) is 0 Å². The van der Waals surface area contributed by atoms with Crippen LogP contribution in [0, 0.1) is 0 Å². The second-order valence-corrected chi connectivity index (χ2v) is 12.5. The quantitative estimate of drug-likeness (QED) is 0.725. The number of nitrogens with zero attached hydrogens (tertiary/aromatic N) is 1. The summed E-state index contributed by atoms with van der Waals surface area (Å²) < 4.78 is 11.7. The molecule has 0 aromatic heterocycles. The lowest BCUT2D eigenvalue weighted by molar-refractivity contribution is 0.0970. The van der Waals surface area contributed by atoms with Crippen molar-refractivity contribution in [3.63, 3.8) is 0 Å². The number of ether oxygens (including phenoxy) is 1. The van der Waals surface area contributed by atoms with Crippen molar-refractivity contribution in [2.45, 2.75) is 51.9 Å². The van der Waals surface area contributed by atoms with Crippen LogP contribution in [0.2, 0.25) is 18.1 Å². The lowest BCUT2D eigenvalue weighted by Crippen LogP contribution is -2.42. The number of hydrogen-bond donors (Lipinski definition) is 0. The molecular weight excluding hydrogens is 318 g/mol. The van der Waals surface area contributed by atoms with E-state index in [0.717, 1.165) is 17.7 Å². The molecule has 1 aromatic carbocycles. The average Bonchev–Trinajstić information content (AvgIpc) is 2.53. The van der Waals surface area contributed by atoms with E-state index in [-0.39, 0.29) is 11.1 Å². The summed E-state index contributed by atoms with van der Waals surface area (Å²) in [6.45, 7) is 12.7. The fourth-order valence-corrected chi connectivity index (χ4v) is 3.35. The molecule has 1 aromatic rings. The minimum atomic E-state index is -1.80. The van der Waals surface area contributed by atoms with E-state index in [4.69, 9.17) is 9.16 Å². The third kappa shape index (κ3) is 4.87. The van der Waals surface area contributed by atoms with Crippen molar-refractivity contribution >= 4 is 14.4 Å². The molecular formula is C19H29NO3Si. The van der Waals surface area contributed by atoms with E-state index in [2.05, 4.69) is 33.9 Å². The predicted octanol–water partition coefficient (Wildman–Crippen LogP) is 4.93. The number of carbonyl (C=O) groups excluding carboxylic acids is 1. The van der Waals surface area contributed by atoms with Crippen molar-refractivity contribution in [3.05, 3.63) is 47.7 Å². The Bertz CT molecular complexity index is 590. The molecule has 0 radical (unpaired) electrons. The Morgan fingerprint density at radius 1 is 1.21 bits per heavy atom. The molecule has 1 aliphatic heterocycles. The van der Waals surface area contributed by atoms with Gasteiger partial charge in [-0.25, -0.2) is 4.79 Å². The molecule has 0 fully saturated rings. The zero-order valence-corrected chi connectivity index (χ0v) is 16.5. The Kier molecular flexibility index (Phi) is 5.75. The lowest BCUT2D eigenvalue weighted by Gasteiger charge is -2.38. The van der Waals surface area contributed by atoms with Crippen LogP contribution in [0.3, 0.4) is 0 Å². The minimum Gasteiger partial charge on any atom is -0.547 e. The first-order chi connectivity index (χ1) is 11.2. The third-order valence-corrected chi connectivity index (χ3v) is 9.21. The van der Waals surface area contributed by atoms with Crippen LogP contribution in [0.15, 0.2) is 42.2 Å². The Hall–Kier alpha value is -1.75. The summed E-state index contributed by atoms with van der Waals surface area (Å²) in [6.07, 6.45) is 2.52. The van der Waals surface area contributed by atoms with E-state index in [1.54, 1.807) is 4.90 Å². The number of carbonyl (C=O) groups is 1. The molecule has 0 bridgehead atoms. The lowest BCUT2D eigenvalue weighted by atomic mass is 10.2. The summed E-state index contributed by atoms with van der Waals surface area (Å²) in [7, 11) is -1.80. The third-order valence-electron chi connectivity index (χ3n) is 4.82. The van der Waals surface area contributed by atoms with Crippen molar-refractivity contribution in [1.82, 2.24) is 4.90 Å². The highest BCUT2D eigenvalue weighted by atomic mass is 28.4. The Balaban J connectivity index is 1.85. The van der Waals surface area contributed by atoms with E-state index in [1.807, 2.05) is 36.4 Å². The van der Waals surface area contributed by atoms with Crippen molar-refractivity contribution < 1.29 is 14.0 Å². The SMILES string of the molecule is CC(C)(C)[Si](C)(C)OC1=CCN(C(=O)OCc2ccccc2)CC1. The first kappa shape index (κ1) is 18.6. The van der Waals surface area contributed by atoms with Gasteiger partial charge in [0.1, 0.15) is 6.61 Å². The van der Waals surface area contributed by atoms with E-state index >= 15 is 0 Å². The monoisotopic (exact) mass is 347 g/mol. The highest BCUT2D eigenvalue weighted by Crippen LogP contribution is 2.38. The van der Waals surface area contributed by atoms with Crippen molar-refractivity contribution in [1.29, 1.82) is 0 Å². The van der Waals surface area contributed by atoms with E-state index in [9.17, 15) is 4.79 Å². The Morgan fingerprint density at radius 3 is 2.42 bits per heavy atom. The van der Waals surface area contributed by atoms with Gasteiger partial charge in [-0.05, 0) is 29.8 Å². The molecule has 0 unspecified atom stereocenters. The molecule has 4 nitrogen and oxygen atoms in total. The molecule has 1 heterocycles. The average molecular weight is 348 g/mol. The number of hydrogen-bond acceptors (Lipinski definition) is 3. The maximum absolute atomic E-state index is 12.2. The van der Waals surface area contributed by atoms with Crippen LogP contribution in [-0.4, -0.2) is 32.4 Å². The Labute approximate surface area is 146 Å². The largest absolute Gasteiger partial charge is 0.547 e. The van der Waals surface area contributed by atoms with Crippen molar-refractivity contribution in [3.8, 4) is 0 Å². The molecule has 0 N–H and O–H groups in total. The van der Waals surface area contributed by atoms with Crippen LogP contribution < -0.4 is 0 Å². The fourth-order valence-electron chi connectivity index (χ4n) is 2.20. The maximum Gasteiger partial charge on any atom is 0.410 e. The molecule has 5 heteroatoms. The van der Waals surface area contributed by atoms with Crippen LogP contribution in [0.5, 0.6) is 0 Å². The van der Waals surface area contributed by atoms with Gasteiger partial charge in [0.25, 0.3) is 0 Å². The second-order valence-electron chi connectivity index (χ2n) is 7.77. The molecule has 2 rings (SSSR count). The van der Waals surface area contributed by atoms with Gasteiger partial charge < -0.3 is 14.1 Å². The summed E-state index contributed by atoms with van der Waals surface area (Å²) >= 11 is 0. The Morgan fingerprint density at radius 2 is 1.88 bits per heavy atom. The van der Waals surface area contributed by atoms with Gasteiger partial charge in [-0.1, -0.05) is 51.1 Å². The minimum absolute atomic E-state index is 0.180. The molecule has 1 amide bonds. The van der Waals surface area contributed by atoms with Gasteiger partial charge >= 0.3 is 6.09 Å². The highest BCUT2D eigenvalue weighted by molar-refractivity contribution is 6.74. The summed E-state index contributed by atoms with van der Waals surface area (Å²) in [5.41, 5.74) is 1.00. The van der Waals surface area contributed by atoms with Crippen LogP contribution in [0.4, 0.5) is 4.79 Å². The molecule has 1 aliphatic rings. The highest BCUT2D eigenvalue weighted by Gasteiger charge is 2.39. The molecule has 0 saturated heterocycles. The summed E-state index contributed by atoms with van der Waals surface area (Å²) in [6, 6.07) is 9.74. The van der Waals surface area contributed by atoms with Gasteiger partial charge in [-0.2, -0.15) is 0 Å². The van der Waals surface area contributed by atoms with Gasteiger partial charge in [0.2, 0.25) is 8.32 Å². The van der Waals surface area contributed by atoms with Gasteiger partial charge in [-0.3, -0.25) is 0 Å². The van der Waals surface area contributed by atoms with Crippen LogP contribution in [-0.2, 0) is 15.8 Å². The molecule has 0 aliphatic carbocycles. The molecule has 24 heavy (non-hydrogen) atoms. The summed E-state index contributed by atoms with van der Waals surface area (Å²) in [4.78, 5) is 13.9. The standard InChI is InChI=1S/C19H29NO3Si/c1-19(2,3)24(4,5)23-17-11-13-20(14-12-17)18(21)22-15-16-9-7-6-8-10-16/h6-11H,12-15H2,1-5H3. The predicted molar refractivity (Wildman–Crippen MR) is 99.2 cm³/mol. The summed E-state index contributed by atoms with van der Waals surface area (Å²) in [5, 5.41) is 0.180. The smallest absolute Gasteiger partial charge is 0.410 e. The topological polar surface area (TPSA) is 38.8 Å². The zero-order valence-electron chi connectivity index (χ0n) is 15.5. The van der Waals surface area contributed by atoms with Gasteiger partial charge in [-0.15, -0.1) is 0 Å². The second kappa shape index (κ2) is 7.43. The van der Waals surface area contributed by atoms with Gasteiger partial charge in [0.15, 0.2) is 0 Å². The van der Waals surface area contributed by atoms with Crippen molar-refractivity contribution in [2.75, 3.05) is 13.1 Å². The first-order valence-electron chi connectivity index (χ1n) is 8.53. The number of benzene rings is 1. The number of amides is 1. The first-order valence-corrected chi connectivity index (χ1v) is 11.4. The van der Waals surface area contributed by atoms with Gasteiger partial charge in [0.05, 0.1) is 5.76 Å². The zero-order chi connectivity index (χ0) is 17.8. The van der Waals surface area contributed by atoms with E-state index in [0.29, 0.717) is 19.7 Å².